The van der Waals surface area contributed by atoms with Gasteiger partial charge in [-0.2, -0.15) is 0 Å². The fourth-order valence-electron chi connectivity index (χ4n) is 4.58. The molecule has 3 aliphatic rings. The summed E-state index contributed by atoms with van der Waals surface area (Å²) in [5.41, 5.74) is 3.65. The Hall–Kier alpha value is -3.16. The van der Waals surface area contributed by atoms with Crippen LogP contribution >= 0.6 is 0 Å². The second kappa shape index (κ2) is 13.2. The molecular formula is C28H40FN5O2. The fraction of sp³-hybridized carbons (Fsp3) is 0.536. The van der Waals surface area contributed by atoms with Crippen LogP contribution in [0.2, 0.25) is 0 Å². The molecule has 1 aromatic heterocycles. The van der Waals surface area contributed by atoms with Gasteiger partial charge in [0.1, 0.15) is 5.83 Å². The van der Waals surface area contributed by atoms with Gasteiger partial charge in [-0.1, -0.05) is 38.8 Å². The van der Waals surface area contributed by atoms with E-state index in [1.165, 1.54) is 31.4 Å². The van der Waals surface area contributed by atoms with E-state index in [2.05, 4.69) is 35.8 Å². The number of hydrogen-bond donors (Lipinski definition) is 2. The molecule has 1 unspecified atom stereocenters. The van der Waals surface area contributed by atoms with Crippen molar-refractivity contribution in [2.75, 3.05) is 13.6 Å². The van der Waals surface area contributed by atoms with Crippen molar-refractivity contribution < 1.29 is 13.9 Å². The first-order valence-electron chi connectivity index (χ1n) is 13.0. The van der Waals surface area contributed by atoms with Gasteiger partial charge >= 0.3 is 0 Å². The van der Waals surface area contributed by atoms with Crippen molar-refractivity contribution in [3.63, 3.8) is 0 Å². The van der Waals surface area contributed by atoms with Gasteiger partial charge in [-0.25, -0.2) is 9.37 Å². The van der Waals surface area contributed by atoms with Crippen LogP contribution in [0.25, 0.3) is 0 Å². The summed E-state index contributed by atoms with van der Waals surface area (Å²) in [7, 11) is 2.06. The Kier molecular flexibility index (Phi) is 10.1. The summed E-state index contributed by atoms with van der Waals surface area (Å²) in [6.45, 7) is 7.11. The molecule has 2 N–H and O–H groups in total. The summed E-state index contributed by atoms with van der Waals surface area (Å²) >= 11 is 0. The molecule has 196 valence electrons. The van der Waals surface area contributed by atoms with E-state index < -0.39 is 0 Å². The first kappa shape index (κ1) is 27.4. The normalized spacial score (nSPS) is 20.6. The maximum absolute atomic E-state index is 13.0. The lowest BCUT2D eigenvalue weighted by molar-refractivity contribution is -0.134. The van der Waals surface area contributed by atoms with E-state index in [0.29, 0.717) is 30.3 Å². The second-order valence-corrected chi connectivity index (χ2v) is 9.49. The number of halogens is 1. The van der Waals surface area contributed by atoms with Crippen LogP contribution in [0, 0.1) is 11.3 Å². The minimum absolute atomic E-state index is 0.0239. The number of carbonyl (C=O) groups excluding carboxylic acids is 1. The second-order valence-electron chi connectivity index (χ2n) is 9.49. The number of nitrogens with one attached hydrogen (secondary N) is 2. The van der Waals surface area contributed by atoms with Crippen molar-refractivity contribution >= 4 is 12.1 Å². The number of amides is 1. The minimum atomic E-state index is -0.282. The van der Waals surface area contributed by atoms with Gasteiger partial charge in [0.05, 0.1) is 30.0 Å². The highest BCUT2D eigenvalue weighted by Gasteiger charge is 2.42. The fourth-order valence-corrected chi connectivity index (χ4v) is 4.58. The molecule has 0 bridgehead atoms. The van der Waals surface area contributed by atoms with Crippen LogP contribution in [0.5, 0.6) is 0 Å². The van der Waals surface area contributed by atoms with Gasteiger partial charge in [0.15, 0.2) is 6.23 Å². The van der Waals surface area contributed by atoms with E-state index in [1.54, 1.807) is 19.3 Å². The van der Waals surface area contributed by atoms with Crippen molar-refractivity contribution in [2.24, 2.45) is 5.92 Å². The first-order chi connectivity index (χ1) is 17.4. The smallest absolute Gasteiger partial charge is 0.291 e. The number of allylic oxidation sites excluding steroid dienone is 7. The van der Waals surface area contributed by atoms with Gasteiger partial charge < -0.3 is 24.9 Å². The predicted octanol–water partition coefficient (Wildman–Crippen LogP) is 5.80. The van der Waals surface area contributed by atoms with Crippen LogP contribution in [-0.4, -0.2) is 51.7 Å². The van der Waals surface area contributed by atoms with E-state index in [4.69, 9.17) is 10.1 Å². The monoisotopic (exact) mass is 497 g/mol. The highest BCUT2D eigenvalue weighted by Crippen LogP contribution is 2.40. The molecule has 1 aliphatic carbocycles. The topological polar surface area (TPSA) is 85.3 Å². The number of carbonyl (C=O) groups is 1. The Morgan fingerprint density at radius 1 is 1.33 bits per heavy atom. The molecule has 0 aromatic carbocycles. The van der Waals surface area contributed by atoms with Crippen molar-refractivity contribution in [1.29, 1.82) is 5.41 Å². The molecular weight excluding hydrogens is 457 g/mol. The quantitative estimate of drug-likeness (QED) is 0.351. The van der Waals surface area contributed by atoms with E-state index in [9.17, 15) is 9.18 Å². The van der Waals surface area contributed by atoms with Crippen molar-refractivity contribution in [3.8, 4) is 0 Å². The number of rotatable bonds is 8. The SMILES string of the molecule is CCC1=C(C(=O)N2CCc3nc[nH]c3C2)OC(C2CCC2)N1C.CCC\C=C/C=C(F)\C(C)=C\C=N. The number of H-pyrrole nitrogens is 1. The van der Waals surface area contributed by atoms with Crippen LogP contribution in [0.15, 0.2) is 53.5 Å². The molecule has 4 rings (SSSR count). The highest BCUT2D eigenvalue weighted by atomic mass is 19.1. The highest BCUT2D eigenvalue weighted by molar-refractivity contribution is 5.92. The molecule has 7 nitrogen and oxygen atoms in total. The van der Waals surface area contributed by atoms with E-state index in [0.717, 1.165) is 49.0 Å². The van der Waals surface area contributed by atoms with Gasteiger partial charge in [0.2, 0.25) is 5.76 Å². The maximum atomic E-state index is 13.0. The third-order valence-electron chi connectivity index (χ3n) is 7.00. The van der Waals surface area contributed by atoms with Crippen molar-refractivity contribution in [3.05, 3.63) is 64.9 Å². The number of fused-ring (bicyclic) bond motifs is 1. The first-order valence-corrected chi connectivity index (χ1v) is 13.0. The lowest BCUT2D eigenvalue weighted by Crippen LogP contribution is -2.39. The van der Waals surface area contributed by atoms with Crippen LogP contribution in [0.3, 0.4) is 0 Å². The number of hydrogen-bond acceptors (Lipinski definition) is 5. The standard InChI is InChI=1S/C17H24N4O2.C11H16FN/c1-3-14-15(23-17(20(14)2)11-5-4-6-11)16(22)21-8-7-12-13(9-21)19-10-18-12;1-3-4-5-6-7-11(12)10(2)8-9-13/h10-11,17H,3-9H2,1-2H3,(H,18,19);5-9,13H,3-4H2,1-2H3/b;6-5-,10-8+,11-7+,13-9?. The number of unbranched alkanes of at least 4 members (excludes halogenated alkanes) is 1. The average molecular weight is 498 g/mol. The minimum Gasteiger partial charge on any atom is -0.463 e. The average Bonchev–Trinajstić information content (AvgIpc) is 3.44. The van der Waals surface area contributed by atoms with E-state index >= 15 is 0 Å². The lowest BCUT2D eigenvalue weighted by Gasteiger charge is -2.35. The largest absolute Gasteiger partial charge is 0.463 e. The molecule has 8 heteroatoms. The van der Waals surface area contributed by atoms with Crippen LogP contribution < -0.4 is 0 Å². The predicted molar refractivity (Wildman–Crippen MR) is 141 cm³/mol. The third-order valence-corrected chi connectivity index (χ3v) is 7.00. The number of aromatic amines is 1. The zero-order chi connectivity index (χ0) is 26.1. The third kappa shape index (κ3) is 6.53. The summed E-state index contributed by atoms with van der Waals surface area (Å²) in [5, 5.41) is 6.76. The van der Waals surface area contributed by atoms with Gasteiger partial charge in [-0.05, 0) is 50.3 Å². The Balaban J connectivity index is 0.000000240. The zero-order valence-electron chi connectivity index (χ0n) is 22.0. The van der Waals surface area contributed by atoms with Gasteiger partial charge in [0, 0.05) is 32.1 Å². The van der Waals surface area contributed by atoms with E-state index in [-0.39, 0.29) is 18.0 Å². The van der Waals surface area contributed by atoms with Gasteiger partial charge in [-0.3, -0.25) is 4.79 Å². The summed E-state index contributed by atoms with van der Waals surface area (Å²) in [6, 6.07) is 0. The molecule has 0 spiro atoms. The summed E-state index contributed by atoms with van der Waals surface area (Å²) in [4.78, 5) is 24.5. The van der Waals surface area contributed by atoms with Crippen LogP contribution in [0.1, 0.15) is 70.7 Å². The Morgan fingerprint density at radius 2 is 2.11 bits per heavy atom. The Bertz CT molecular complexity index is 1030. The molecule has 36 heavy (non-hydrogen) atoms. The molecule has 3 heterocycles. The number of aromatic nitrogens is 2. The molecule has 1 saturated carbocycles. The molecule has 2 aliphatic heterocycles. The van der Waals surface area contributed by atoms with Crippen LogP contribution in [0.4, 0.5) is 4.39 Å². The van der Waals surface area contributed by atoms with Gasteiger partial charge in [0.25, 0.3) is 5.91 Å². The maximum Gasteiger partial charge on any atom is 0.291 e. The van der Waals surface area contributed by atoms with Gasteiger partial charge in [-0.15, -0.1) is 0 Å². The summed E-state index contributed by atoms with van der Waals surface area (Å²) in [6.07, 6.45) is 16.7. The van der Waals surface area contributed by atoms with Crippen LogP contribution in [-0.2, 0) is 22.5 Å². The summed E-state index contributed by atoms with van der Waals surface area (Å²) < 4.78 is 19.2. The number of ether oxygens (including phenoxy) is 1. The molecule has 1 atom stereocenters. The lowest BCUT2D eigenvalue weighted by atomic mass is 9.83. The molecule has 0 saturated heterocycles. The van der Waals surface area contributed by atoms with Crippen molar-refractivity contribution in [1.82, 2.24) is 19.8 Å². The Labute approximate surface area is 214 Å². The molecule has 1 amide bonds. The van der Waals surface area contributed by atoms with E-state index in [1.807, 2.05) is 11.0 Å². The number of imidazole rings is 1. The summed E-state index contributed by atoms with van der Waals surface area (Å²) in [5.74, 6) is 0.869. The molecule has 0 radical (unpaired) electrons. The van der Waals surface area contributed by atoms with Crippen molar-refractivity contribution in [2.45, 2.75) is 78.5 Å². The number of nitrogens with zero attached hydrogens (tertiary/aromatic N) is 3. The Morgan fingerprint density at radius 3 is 2.75 bits per heavy atom. The zero-order valence-corrected chi connectivity index (χ0v) is 22.0. The molecule has 1 aromatic rings. The molecule has 1 fully saturated rings.